The topological polar surface area (TPSA) is 122 Å². The van der Waals surface area contributed by atoms with Crippen molar-refractivity contribution in [1.29, 1.82) is 0 Å². The van der Waals surface area contributed by atoms with Crippen molar-refractivity contribution in [2.75, 3.05) is 55.2 Å². The van der Waals surface area contributed by atoms with Gasteiger partial charge in [0.2, 0.25) is 0 Å². The van der Waals surface area contributed by atoms with E-state index in [-0.39, 0.29) is 47.8 Å². The van der Waals surface area contributed by atoms with Gasteiger partial charge in [-0.1, -0.05) is 6.92 Å². The van der Waals surface area contributed by atoms with E-state index in [9.17, 15) is 14.7 Å². The van der Waals surface area contributed by atoms with Gasteiger partial charge in [0, 0.05) is 83.0 Å². The molecule has 1 aromatic rings. The number of likely N-dealkylation sites (tertiary alicyclic amines) is 1. The van der Waals surface area contributed by atoms with Gasteiger partial charge in [0.05, 0.1) is 37.6 Å². The highest BCUT2D eigenvalue weighted by Crippen LogP contribution is 2.80. The number of nitrogens with zero attached hydrogens (tertiary/aromatic N) is 1. The molecule has 254 valence electrons. The molecule has 6 fully saturated rings. The second-order valence-electron chi connectivity index (χ2n) is 14.6. The number of ether oxygens (including phenoxy) is 7. The zero-order valence-electron chi connectivity index (χ0n) is 28.0. The average molecular weight is 644 g/mol. The highest BCUT2D eigenvalue weighted by Gasteiger charge is 2.89. The van der Waals surface area contributed by atoms with E-state index in [1.807, 2.05) is 0 Å². The second kappa shape index (κ2) is 11.1. The van der Waals surface area contributed by atoms with Crippen LogP contribution in [0.25, 0.3) is 0 Å². The number of benzene rings is 1. The standard InChI is InChI=1S/C35H49NO10/c1-8-36-17-32(18-40-3)14-13-23(42-5)35-22-15-33(39)24(43-6)16-34(46-19(2)37,26(29(35)36)27(44-7)28(32)35)25(22)30(33)45-31(38)20-9-11-21(41-4)12-10-20/h9-12,22-30,39H,8,13-18H2,1-7H3/t22?,23-,24-,25?,26+,27?,28?,29?,30?,32-,33-,34+,35-/m0/s1. The maximum absolute atomic E-state index is 13.9. The van der Waals surface area contributed by atoms with Crippen molar-refractivity contribution in [1.82, 2.24) is 4.90 Å². The normalized spacial score (nSPS) is 46.6. The van der Waals surface area contributed by atoms with Crippen LogP contribution in [0.1, 0.15) is 49.9 Å². The Balaban J connectivity index is 1.46. The lowest BCUT2D eigenvalue weighted by Crippen LogP contribution is -2.77. The monoisotopic (exact) mass is 643 g/mol. The molecule has 6 aliphatic rings. The third-order valence-electron chi connectivity index (χ3n) is 13.3. The minimum Gasteiger partial charge on any atom is -0.497 e. The zero-order chi connectivity index (χ0) is 32.8. The number of esters is 2. The van der Waals surface area contributed by atoms with Crippen LogP contribution >= 0.6 is 0 Å². The fourth-order valence-electron chi connectivity index (χ4n) is 12.4. The van der Waals surface area contributed by atoms with Crippen LogP contribution in [-0.2, 0) is 33.2 Å². The number of methoxy groups -OCH3 is 5. The number of carbonyl (C=O) groups excluding carboxylic acids is 2. The average Bonchev–Trinajstić information content (AvgIpc) is 3.42. The molecule has 0 aromatic heterocycles. The van der Waals surface area contributed by atoms with Crippen molar-refractivity contribution in [2.24, 2.45) is 34.5 Å². The smallest absolute Gasteiger partial charge is 0.338 e. The van der Waals surface area contributed by atoms with E-state index in [1.165, 1.54) is 6.92 Å². The summed E-state index contributed by atoms with van der Waals surface area (Å²) >= 11 is 0. The van der Waals surface area contributed by atoms with E-state index in [2.05, 4.69) is 11.8 Å². The molecule has 7 bridgehead atoms. The van der Waals surface area contributed by atoms with Gasteiger partial charge >= 0.3 is 11.9 Å². The maximum atomic E-state index is 13.9. The molecule has 1 spiro atoms. The van der Waals surface area contributed by atoms with E-state index < -0.39 is 46.7 Å². The predicted octanol–water partition coefficient (Wildman–Crippen LogP) is 2.72. The number of hydrogen-bond acceptors (Lipinski definition) is 11. The molecular weight excluding hydrogens is 594 g/mol. The summed E-state index contributed by atoms with van der Waals surface area (Å²) in [6.07, 6.45) is 0.142. The van der Waals surface area contributed by atoms with Crippen LogP contribution in [-0.4, -0.2) is 119 Å². The molecule has 1 aromatic carbocycles. The Hall–Kier alpha value is -2.28. The van der Waals surface area contributed by atoms with Gasteiger partial charge in [0.25, 0.3) is 0 Å². The highest BCUT2D eigenvalue weighted by molar-refractivity contribution is 5.89. The van der Waals surface area contributed by atoms with Crippen molar-refractivity contribution >= 4 is 11.9 Å². The van der Waals surface area contributed by atoms with Crippen molar-refractivity contribution < 1.29 is 47.9 Å². The molecule has 1 heterocycles. The van der Waals surface area contributed by atoms with E-state index in [1.54, 1.807) is 59.8 Å². The minimum absolute atomic E-state index is 0.00534. The molecule has 46 heavy (non-hydrogen) atoms. The first-order chi connectivity index (χ1) is 22.1. The van der Waals surface area contributed by atoms with Gasteiger partial charge in [-0.2, -0.15) is 0 Å². The Bertz CT molecular complexity index is 1360. The number of piperidine rings is 1. The lowest BCUT2D eigenvalue weighted by atomic mass is 9.43. The van der Waals surface area contributed by atoms with Gasteiger partial charge < -0.3 is 38.3 Å². The van der Waals surface area contributed by atoms with Crippen LogP contribution in [0.15, 0.2) is 24.3 Å². The van der Waals surface area contributed by atoms with Crippen molar-refractivity contribution in [2.45, 2.75) is 81.2 Å². The molecular formula is C35H49NO10. The molecule has 1 saturated heterocycles. The molecule has 0 amide bonds. The van der Waals surface area contributed by atoms with Gasteiger partial charge in [-0.3, -0.25) is 9.69 Å². The SMILES string of the molecule is CCN1C[C@]2(COC)CC[C@H](OC)[C@@]34C5C[C@@]6(O)C(OC(=O)c7ccc(OC)cc7)C5[C@](OC(C)=O)(C[C@@H]6OC)[C@H](C(OC)C23)C14. The van der Waals surface area contributed by atoms with Crippen LogP contribution in [0.4, 0.5) is 0 Å². The minimum atomic E-state index is -1.51. The summed E-state index contributed by atoms with van der Waals surface area (Å²) in [5.74, 6) is -1.38. The first kappa shape index (κ1) is 32.3. The fourth-order valence-corrected chi connectivity index (χ4v) is 12.4. The first-order valence-corrected chi connectivity index (χ1v) is 16.6. The van der Waals surface area contributed by atoms with Crippen LogP contribution in [0, 0.1) is 34.5 Å². The predicted molar refractivity (Wildman–Crippen MR) is 164 cm³/mol. The van der Waals surface area contributed by atoms with Crippen LogP contribution in [0.3, 0.4) is 0 Å². The molecule has 11 nitrogen and oxygen atoms in total. The number of hydrogen-bond donors (Lipinski definition) is 1. The summed E-state index contributed by atoms with van der Waals surface area (Å²) in [6, 6.07) is 6.66. The van der Waals surface area contributed by atoms with Gasteiger partial charge in [0.15, 0.2) is 0 Å². The summed E-state index contributed by atoms with van der Waals surface area (Å²) in [6.45, 7) is 5.80. The highest BCUT2D eigenvalue weighted by atomic mass is 16.6. The van der Waals surface area contributed by atoms with Gasteiger partial charge in [-0.25, -0.2) is 4.79 Å². The van der Waals surface area contributed by atoms with Crippen molar-refractivity contribution in [3.8, 4) is 5.75 Å². The number of fused-ring (bicyclic) bond motifs is 2. The zero-order valence-corrected chi connectivity index (χ0v) is 28.0. The largest absolute Gasteiger partial charge is 0.497 e. The lowest BCUT2D eigenvalue weighted by Gasteiger charge is -2.69. The molecule has 6 unspecified atom stereocenters. The summed E-state index contributed by atoms with van der Waals surface area (Å²) < 4.78 is 43.6. The fraction of sp³-hybridized carbons (Fsp3) is 0.771. The Morgan fingerprint density at radius 1 is 0.978 bits per heavy atom. The molecule has 0 radical (unpaired) electrons. The van der Waals surface area contributed by atoms with Crippen molar-refractivity contribution in [3.05, 3.63) is 29.8 Å². The van der Waals surface area contributed by atoms with Gasteiger partial charge in [0.1, 0.15) is 23.1 Å². The molecule has 7 rings (SSSR count). The summed E-state index contributed by atoms with van der Waals surface area (Å²) in [5.41, 5.74) is -3.03. The molecule has 5 saturated carbocycles. The third kappa shape index (κ3) is 3.87. The summed E-state index contributed by atoms with van der Waals surface area (Å²) in [7, 11) is 8.44. The van der Waals surface area contributed by atoms with Gasteiger partial charge in [-0.15, -0.1) is 0 Å². The molecule has 5 aliphatic carbocycles. The van der Waals surface area contributed by atoms with Crippen LogP contribution in [0.5, 0.6) is 5.75 Å². The van der Waals surface area contributed by atoms with E-state index in [4.69, 9.17) is 33.2 Å². The molecule has 1 aliphatic heterocycles. The van der Waals surface area contributed by atoms with Crippen LogP contribution < -0.4 is 4.74 Å². The van der Waals surface area contributed by atoms with E-state index >= 15 is 0 Å². The number of rotatable bonds is 10. The first-order valence-electron chi connectivity index (χ1n) is 16.6. The maximum Gasteiger partial charge on any atom is 0.338 e. The Morgan fingerprint density at radius 3 is 2.28 bits per heavy atom. The lowest BCUT2D eigenvalue weighted by molar-refractivity contribution is -0.287. The quantitative estimate of drug-likeness (QED) is 0.379. The van der Waals surface area contributed by atoms with Crippen LogP contribution in [0.2, 0.25) is 0 Å². The summed E-state index contributed by atoms with van der Waals surface area (Å²) in [5, 5.41) is 12.8. The Morgan fingerprint density at radius 2 is 1.70 bits per heavy atom. The van der Waals surface area contributed by atoms with Gasteiger partial charge in [-0.05, 0) is 56.0 Å². The number of aliphatic hydroxyl groups is 1. The van der Waals surface area contributed by atoms with E-state index in [0.29, 0.717) is 24.3 Å². The molecule has 13 atom stereocenters. The molecule has 11 heteroatoms. The number of carbonyl (C=O) groups is 2. The third-order valence-corrected chi connectivity index (χ3v) is 13.3. The Kier molecular flexibility index (Phi) is 7.81. The molecule has 1 N–H and O–H groups in total. The van der Waals surface area contributed by atoms with E-state index in [0.717, 1.165) is 25.9 Å². The summed E-state index contributed by atoms with van der Waals surface area (Å²) in [4.78, 5) is 29.7. The Labute approximate surface area is 271 Å². The second-order valence-corrected chi connectivity index (χ2v) is 14.6. The van der Waals surface area contributed by atoms with Crippen molar-refractivity contribution in [3.63, 3.8) is 0 Å².